The number of benzene rings is 2. The minimum absolute atomic E-state index is 0. The van der Waals surface area contributed by atoms with Crippen molar-refractivity contribution in [1.82, 2.24) is 5.32 Å². The zero-order valence-electron chi connectivity index (χ0n) is 14.6. The summed E-state index contributed by atoms with van der Waals surface area (Å²) >= 11 is 0. The molecule has 0 spiro atoms. The summed E-state index contributed by atoms with van der Waals surface area (Å²) in [5.41, 5.74) is 2.50. The number of ether oxygens (including phenoxy) is 2. The highest BCUT2D eigenvalue weighted by atomic mass is 35.5. The molecule has 3 nitrogen and oxygen atoms in total. The summed E-state index contributed by atoms with van der Waals surface area (Å²) in [6.45, 7) is 4.76. The normalized spacial score (nSPS) is 10.1. The smallest absolute Gasteiger partial charge is 0.161 e. The number of unbranched alkanes of at least 4 members (excludes halogenated alkanes) is 1. The Labute approximate surface area is 151 Å². The molecule has 0 radical (unpaired) electrons. The maximum atomic E-state index is 5.88. The third kappa shape index (κ3) is 6.81. The summed E-state index contributed by atoms with van der Waals surface area (Å²) in [5.74, 6) is 1.61. The van der Waals surface area contributed by atoms with Crippen LogP contribution in [0.25, 0.3) is 0 Å². The quantitative estimate of drug-likeness (QED) is 0.634. The van der Waals surface area contributed by atoms with Crippen LogP contribution in [0.4, 0.5) is 0 Å². The molecule has 1 N–H and O–H groups in total. The van der Waals surface area contributed by atoms with Gasteiger partial charge in [-0.3, -0.25) is 0 Å². The van der Waals surface area contributed by atoms with Gasteiger partial charge >= 0.3 is 0 Å². The second-order valence-corrected chi connectivity index (χ2v) is 5.60. The van der Waals surface area contributed by atoms with Gasteiger partial charge in [0.2, 0.25) is 0 Å². The van der Waals surface area contributed by atoms with Crippen molar-refractivity contribution in [3.63, 3.8) is 0 Å². The van der Waals surface area contributed by atoms with E-state index in [9.17, 15) is 0 Å². The Morgan fingerprint density at radius 3 is 2.46 bits per heavy atom. The fraction of sp³-hybridized carbons (Fsp3) is 0.400. The molecule has 0 aliphatic rings. The van der Waals surface area contributed by atoms with Gasteiger partial charge in [-0.2, -0.15) is 0 Å². The van der Waals surface area contributed by atoms with Gasteiger partial charge in [-0.15, -0.1) is 12.4 Å². The minimum atomic E-state index is 0. The van der Waals surface area contributed by atoms with Crippen LogP contribution < -0.4 is 14.8 Å². The maximum Gasteiger partial charge on any atom is 0.161 e. The maximum absolute atomic E-state index is 5.88. The van der Waals surface area contributed by atoms with Crippen LogP contribution in [0, 0.1) is 0 Å². The van der Waals surface area contributed by atoms with E-state index < -0.39 is 0 Å². The molecule has 2 aromatic rings. The second-order valence-electron chi connectivity index (χ2n) is 5.60. The van der Waals surface area contributed by atoms with Crippen LogP contribution in [0.15, 0.2) is 48.5 Å². The fourth-order valence-corrected chi connectivity index (χ4v) is 2.40. The first-order chi connectivity index (χ1) is 11.3. The Hall–Kier alpha value is -1.71. The summed E-state index contributed by atoms with van der Waals surface area (Å²) in [7, 11) is 1.69. The number of hydrogen-bond donors (Lipinski definition) is 1. The van der Waals surface area contributed by atoms with Crippen molar-refractivity contribution in [3.8, 4) is 11.5 Å². The molecular formula is C20H28ClNO2. The standard InChI is InChI=1S/C20H27NO2.ClH/c1-3-4-13-21-16-18-10-11-19(20(15-18)22-2)23-14-12-17-8-6-5-7-9-17;/h5-11,15,21H,3-4,12-14,16H2,1-2H3;1H. The highest BCUT2D eigenvalue weighted by Crippen LogP contribution is 2.28. The van der Waals surface area contributed by atoms with Crippen molar-refractivity contribution in [1.29, 1.82) is 0 Å². The Bertz CT molecular complexity index is 575. The van der Waals surface area contributed by atoms with Crippen molar-refractivity contribution in [2.75, 3.05) is 20.3 Å². The molecule has 2 aromatic carbocycles. The third-order valence-electron chi connectivity index (χ3n) is 3.76. The van der Waals surface area contributed by atoms with Crippen LogP contribution in [0.5, 0.6) is 11.5 Å². The van der Waals surface area contributed by atoms with Gasteiger partial charge in [0.1, 0.15) is 0 Å². The molecular weight excluding hydrogens is 322 g/mol. The number of hydrogen-bond acceptors (Lipinski definition) is 3. The summed E-state index contributed by atoms with van der Waals surface area (Å²) in [4.78, 5) is 0. The average Bonchev–Trinajstić information content (AvgIpc) is 2.60. The van der Waals surface area contributed by atoms with E-state index in [0.29, 0.717) is 6.61 Å². The van der Waals surface area contributed by atoms with Gasteiger partial charge in [-0.25, -0.2) is 0 Å². The lowest BCUT2D eigenvalue weighted by Crippen LogP contribution is -2.14. The van der Waals surface area contributed by atoms with Gasteiger partial charge in [-0.1, -0.05) is 49.7 Å². The van der Waals surface area contributed by atoms with E-state index in [0.717, 1.165) is 31.0 Å². The Balaban J connectivity index is 0.00000288. The van der Waals surface area contributed by atoms with Gasteiger partial charge in [0.25, 0.3) is 0 Å². The lowest BCUT2D eigenvalue weighted by Gasteiger charge is -2.13. The van der Waals surface area contributed by atoms with Gasteiger partial charge in [0.05, 0.1) is 13.7 Å². The SMILES string of the molecule is CCCCNCc1ccc(OCCc2ccccc2)c(OC)c1.Cl. The van der Waals surface area contributed by atoms with Crippen LogP contribution >= 0.6 is 12.4 Å². The molecule has 2 rings (SSSR count). The molecule has 0 fully saturated rings. The molecule has 24 heavy (non-hydrogen) atoms. The Morgan fingerprint density at radius 1 is 0.958 bits per heavy atom. The topological polar surface area (TPSA) is 30.5 Å². The zero-order chi connectivity index (χ0) is 16.3. The number of methoxy groups -OCH3 is 1. The van der Waals surface area contributed by atoms with E-state index in [-0.39, 0.29) is 12.4 Å². The van der Waals surface area contributed by atoms with E-state index in [2.05, 4.69) is 48.6 Å². The van der Waals surface area contributed by atoms with E-state index in [1.54, 1.807) is 7.11 Å². The first-order valence-corrected chi connectivity index (χ1v) is 8.38. The molecule has 0 aliphatic carbocycles. The highest BCUT2D eigenvalue weighted by molar-refractivity contribution is 5.85. The lowest BCUT2D eigenvalue weighted by atomic mass is 10.1. The summed E-state index contributed by atoms with van der Waals surface area (Å²) in [6, 6.07) is 16.5. The summed E-state index contributed by atoms with van der Waals surface area (Å²) in [6.07, 6.45) is 3.31. The average molecular weight is 350 g/mol. The van der Waals surface area contributed by atoms with E-state index in [4.69, 9.17) is 9.47 Å². The van der Waals surface area contributed by atoms with Gasteiger partial charge in [0.15, 0.2) is 11.5 Å². The molecule has 132 valence electrons. The van der Waals surface area contributed by atoms with Crippen molar-refractivity contribution < 1.29 is 9.47 Å². The largest absolute Gasteiger partial charge is 0.493 e. The predicted octanol–water partition coefficient (Wildman–Crippen LogP) is 4.63. The molecule has 0 aromatic heterocycles. The summed E-state index contributed by atoms with van der Waals surface area (Å²) < 4.78 is 11.3. The molecule has 0 bridgehead atoms. The van der Waals surface area contributed by atoms with Crippen molar-refractivity contribution in [2.24, 2.45) is 0 Å². The second kappa shape index (κ2) is 11.8. The van der Waals surface area contributed by atoms with Crippen molar-refractivity contribution in [2.45, 2.75) is 32.7 Å². The molecule has 0 heterocycles. The van der Waals surface area contributed by atoms with Gasteiger partial charge in [-0.05, 0) is 36.2 Å². The Morgan fingerprint density at radius 2 is 1.75 bits per heavy atom. The van der Waals surface area contributed by atoms with Crippen LogP contribution in [0.2, 0.25) is 0 Å². The monoisotopic (exact) mass is 349 g/mol. The molecule has 0 saturated heterocycles. The molecule has 4 heteroatoms. The molecule has 0 unspecified atom stereocenters. The number of halogens is 1. The third-order valence-corrected chi connectivity index (χ3v) is 3.76. The molecule has 0 amide bonds. The lowest BCUT2D eigenvalue weighted by molar-refractivity contribution is 0.297. The van der Waals surface area contributed by atoms with E-state index in [1.165, 1.54) is 24.0 Å². The van der Waals surface area contributed by atoms with Gasteiger partial charge < -0.3 is 14.8 Å². The van der Waals surface area contributed by atoms with E-state index >= 15 is 0 Å². The first kappa shape index (κ1) is 20.3. The fourth-order valence-electron chi connectivity index (χ4n) is 2.40. The van der Waals surface area contributed by atoms with Crippen LogP contribution in [-0.2, 0) is 13.0 Å². The zero-order valence-corrected chi connectivity index (χ0v) is 15.4. The molecule has 0 aliphatic heterocycles. The molecule has 0 saturated carbocycles. The van der Waals surface area contributed by atoms with Crippen LogP contribution in [-0.4, -0.2) is 20.3 Å². The first-order valence-electron chi connectivity index (χ1n) is 8.38. The molecule has 0 atom stereocenters. The van der Waals surface area contributed by atoms with Gasteiger partial charge in [0, 0.05) is 13.0 Å². The minimum Gasteiger partial charge on any atom is -0.493 e. The Kier molecular flexibility index (Phi) is 9.97. The number of nitrogens with one attached hydrogen (secondary N) is 1. The van der Waals surface area contributed by atoms with E-state index in [1.807, 2.05) is 12.1 Å². The van der Waals surface area contributed by atoms with Crippen molar-refractivity contribution in [3.05, 3.63) is 59.7 Å². The predicted molar refractivity (Wildman–Crippen MR) is 102 cm³/mol. The van der Waals surface area contributed by atoms with Crippen LogP contribution in [0.1, 0.15) is 30.9 Å². The van der Waals surface area contributed by atoms with Crippen LogP contribution in [0.3, 0.4) is 0 Å². The number of rotatable bonds is 10. The highest BCUT2D eigenvalue weighted by Gasteiger charge is 2.06. The van der Waals surface area contributed by atoms with Crippen molar-refractivity contribution >= 4 is 12.4 Å². The summed E-state index contributed by atoms with van der Waals surface area (Å²) in [5, 5.41) is 3.44.